The van der Waals surface area contributed by atoms with Gasteiger partial charge in [0.25, 0.3) is 10.0 Å². The van der Waals surface area contributed by atoms with Crippen LogP contribution in [0, 0.1) is 17.5 Å². The van der Waals surface area contributed by atoms with Crippen LogP contribution in [0.25, 0.3) is 10.2 Å². The first-order valence-electron chi connectivity index (χ1n) is 7.94. The Morgan fingerprint density at radius 1 is 1.11 bits per heavy atom. The van der Waals surface area contributed by atoms with Gasteiger partial charge in [0.05, 0.1) is 21.7 Å². The van der Waals surface area contributed by atoms with E-state index in [0.29, 0.717) is 6.61 Å². The SMILES string of the molecule is CCOCCn1/c(=N/S(=O)(=O)c2ccc(F)cc2)sc2cc(F)cc(F)c21. The number of rotatable bonds is 6. The van der Waals surface area contributed by atoms with E-state index in [0.717, 1.165) is 47.7 Å². The Morgan fingerprint density at radius 3 is 2.48 bits per heavy atom. The molecular formula is C17H15F3N2O3S2. The van der Waals surface area contributed by atoms with Crippen molar-refractivity contribution in [1.29, 1.82) is 0 Å². The van der Waals surface area contributed by atoms with E-state index in [1.165, 1.54) is 4.57 Å². The molecule has 0 unspecified atom stereocenters. The van der Waals surface area contributed by atoms with Crippen LogP contribution >= 0.6 is 11.3 Å². The normalized spacial score (nSPS) is 12.8. The van der Waals surface area contributed by atoms with Gasteiger partial charge in [0.2, 0.25) is 4.80 Å². The smallest absolute Gasteiger partial charge is 0.285 e. The lowest BCUT2D eigenvalue weighted by Crippen LogP contribution is -2.20. The summed E-state index contributed by atoms with van der Waals surface area (Å²) in [7, 11) is -4.16. The maximum absolute atomic E-state index is 14.3. The minimum atomic E-state index is -4.16. The van der Waals surface area contributed by atoms with Gasteiger partial charge in [-0.05, 0) is 37.3 Å². The van der Waals surface area contributed by atoms with E-state index in [9.17, 15) is 21.6 Å². The van der Waals surface area contributed by atoms with Crippen molar-refractivity contribution in [3.05, 3.63) is 58.7 Å². The predicted molar refractivity (Wildman–Crippen MR) is 95.4 cm³/mol. The first-order valence-corrected chi connectivity index (χ1v) is 10.2. The Bertz CT molecular complexity index is 1140. The fourth-order valence-electron chi connectivity index (χ4n) is 2.47. The monoisotopic (exact) mass is 416 g/mol. The summed E-state index contributed by atoms with van der Waals surface area (Å²) in [5.41, 5.74) is 0.0501. The standard InChI is InChI=1S/C17H15F3N2O3S2/c1-2-25-8-7-22-16-14(20)9-12(19)10-15(16)26-17(22)21-27(23,24)13-5-3-11(18)4-6-13/h3-6,9-10H,2,7-8H2,1H3/b21-17-. The van der Waals surface area contributed by atoms with Gasteiger partial charge in [-0.2, -0.15) is 8.42 Å². The van der Waals surface area contributed by atoms with Gasteiger partial charge in [0.1, 0.15) is 11.6 Å². The molecule has 1 heterocycles. The number of nitrogens with zero attached hydrogens (tertiary/aromatic N) is 2. The number of thiazole rings is 1. The van der Waals surface area contributed by atoms with Crippen LogP contribution in [-0.4, -0.2) is 26.2 Å². The van der Waals surface area contributed by atoms with E-state index in [-0.39, 0.29) is 33.1 Å². The van der Waals surface area contributed by atoms with Gasteiger partial charge in [-0.1, -0.05) is 11.3 Å². The van der Waals surface area contributed by atoms with E-state index in [4.69, 9.17) is 4.74 Å². The Hall–Kier alpha value is -2.17. The van der Waals surface area contributed by atoms with Gasteiger partial charge in [-0.25, -0.2) is 13.2 Å². The molecule has 0 amide bonds. The van der Waals surface area contributed by atoms with Crippen LogP contribution in [0.4, 0.5) is 13.2 Å². The first kappa shape index (κ1) is 19.6. The average molecular weight is 416 g/mol. The molecule has 3 aromatic rings. The number of fused-ring (bicyclic) bond motifs is 1. The molecule has 0 atom stereocenters. The van der Waals surface area contributed by atoms with Gasteiger partial charge in [-0.15, -0.1) is 4.40 Å². The molecule has 0 bridgehead atoms. The van der Waals surface area contributed by atoms with E-state index < -0.39 is 27.5 Å². The lowest BCUT2D eigenvalue weighted by Gasteiger charge is -2.06. The first-order chi connectivity index (χ1) is 12.8. The lowest BCUT2D eigenvalue weighted by atomic mass is 10.3. The van der Waals surface area contributed by atoms with Gasteiger partial charge >= 0.3 is 0 Å². The maximum Gasteiger partial charge on any atom is 0.285 e. The van der Waals surface area contributed by atoms with E-state index in [1.54, 1.807) is 6.92 Å². The van der Waals surface area contributed by atoms with Crippen molar-refractivity contribution in [2.75, 3.05) is 13.2 Å². The second-order valence-electron chi connectivity index (χ2n) is 5.49. The summed E-state index contributed by atoms with van der Waals surface area (Å²) < 4.78 is 76.5. The summed E-state index contributed by atoms with van der Waals surface area (Å²) in [6, 6.07) is 6.03. The van der Waals surface area contributed by atoms with Crippen molar-refractivity contribution in [2.45, 2.75) is 18.4 Å². The molecule has 2 aromatic carbocycles. The van der Waals surface area contributed by atoms with E-state index in [1.807, 2.05) is 0 Å². The average Bonchev–Trinajstić information content (AvgIpc) is 2.92. The summed E-state index contributed by atoms with van der Waals surface area (Å²) >= 11 is 0.842. The molecule has 0 aliphatic rings. The fourth-order valence-corrected chi connectivity index (χ4v) is 4.77. The van der Waals surface area contributed by atoms with Gasteiger partial charge in [0.15, 0.2) is 5.82 Å². The van der Waals surface area contributed by atoms with Crippen LogP contribution in [-0.2, 0) is 21.3 Å². The Labute approximate surface area is 157 Å². The summed E-state index contributed by atoms with van der Waals surface area (Å²) in [6.07, 6.45) is 0. The quantitative estimate of drug-likeness (QED) is 0.579. The molecule has 0 radical (unpaired) electrons. The number of halogens is 3. The molecule has 0 aliphatic heterocycles. The van der Waals surface area contributed by atoms with Crippen LogP contribution in [0.5, 0.6) is 0 Å². The molecule has 0 saturated carbocycles. The number of aromatic nitrogens is 1. The minimum absolute atomic E-state index is 0.0291. The molecular weight excluding hydrogens is 401 g/mol. The molecule has 1 aromatic heterocycles. The molecule has 0 aliphatic carbocycles. The second kappa shape index (κ2) is 7.83. The molecule has 0 fully saturated rings. The minimum Gasteiger partial charge on any atom is -0.380 e. The molecule has 10 heteroatoms. The Kier molecular flexibility index (Phi) is 5.68. The number of hydrogen-bond acceptors (Lipinski definition) is 4. The molecule has 3 rings (SSSR count). The van der Waals surface area contributed by atoms with Crippen LogP contribution in [0.2, 0.25) is 0 Å². The molecule has 0 spiro atoms. The number of ether oxygens (including phenoxy) is 1. The number of sulfonamides is 1. The zero-order chi connectivity index (χ0) is 19.6. The van der Waals surface area contributed by atoms with Crippen molar-refractivity contribution < 1.29 is 26.3 Å². The highest BCUT2D eigenvalue weighted by Gasteiger charge is 2.17. The second-order valence-corrected chi connectivity index (χ2v) is 8.10. The summed E-state index contributed by atoms with van der Waals surface area (Å²) in [4.78, 5) is -0.233. The highest BCUT2D eigenvalue weighted by molar-refractivity contribution is 7.90. The van der Waals surface area contributed by atoms with Crippen molar-refractivity contribution in [3.8, 4) is 0 Å². The number of hydrogen-bond donors (Lipinski definition) is 0. The number of benzene rings is 2. The van der Waals surface area contributed by atoms with E-state index in [2.05, 4.69) is 4.40 Å². The highest BCUT2D eigenvalue weighted by Crippen LogP contribution is 2.23. The molecule has 5 nitrogen and oxygen atoms in total. The Morgan fingerprint density at radius 2 is 1.81 bits per heavy atom. The van der Waals surface area contributed by atoms with Crippen molar-refractivity contribution in [2.24, 2.45) is 4.40 Å². The topological polar surface area (TPSA) is 60.7 Å². The summed E-state index contributed by atoms with van der Waals surface area (Å²) in [5.74, 6) is -2.18. The lowest BCUT2D eigenvalue weighted by molar-refractivity contribution is 0.139. The Balaban J connectivity index is 2.19. The summed E-state index contributed by atoms with van der Waals surface area (Å²) in [5, 5.41) is 0. The third-order valence-corrected chi connectivity index (χ3v) is 6.09. The van der Waals surface area contributed by atoms with Crippen LogP contribution < -0.4 is 4.80 Å². The highest BCUT2D eigenvalue weighted by atomic mass is 32.2. The van der Waals surface area contributed by atoms with E-state index >= 15 is 0 Å². The molecule has 0 saturated heterocycles. The van der Waals surface area contributed by atoms with Gasteiger partial charge in [0, 0.05) is 19.2 Å². The van der Waals surface area contributed by atoms with Crippen molar-refractivity contribution in [1.82, 2.24) is 4.57 Å². The molecule has 0 N–H and O–H groups in total. The van der Waals surface area contributed by atoms with Gasteiger partial charge in [-0.3, -0.25) is 0 Å². The fraction of sp³-hybridized carbons (Fsp3) is 0.235. The predicted octanol–water partition coefficient (Wildman–Crippen LogP) is 3.45. The van der Waals surface area contributed by atoms with Crippen molar-refractivity contribution >= 4 is 31.6 Å². The van der Waals surface area contributed by atoms with Crippen molar-refractivity contribution in [3.63, 3.8) is 0 Å². The summed E-state index contributed by atoms with van der Waals surface area (Å²) in [6.45, 7) is 2.55. The zero-order valence-electron chi connectivity index (χ0n) is 14.2. The molecule has 144 valence electrons. The van der Waals surface area contributed by atoms with Gasteiger partial charge < -0.3 is 9.30 Å². The third-order valence-electron chi connectivity index (χ3n) is 3.67. The zero-order valence-corrected chi connectivity index (χ0v) is 15.8. The van der Waals surface area contributed by atoms with Crippen LogP contribution in [0.1, 0.15) is 6.92 Å². The van der Waals surface area contributed by atoms with Crippen LogP contribution in [0.3, 0.4) is 0 Å². The van der Waals surface area contributed by atoms with Crippen LogP contribution in [0.15, 0.2) is 45.7 Å². The third kappa shape index (κ3) is 4.23. The maximum atomic E-state index is 14.3. The molecule has 27 heavy (non-hydrogen) atoms. The largest absolute Gasteiger partial charge is 0.380 e.